The van der Waals surface area contributed by atoms with Crippen LogP contribution in [-0.2, 0) is 16.1 Å². The summed E-state index contributed by atoms with van der Waals surface area (Å²) in [5.74, 6) is -0.179. The van der Waals surface area contributed by atoms with Gasteiger partial charge in [0.25, 0.3) is 0 Å². The van der Waals surface area contributed by atoms with Crippen LogP contribution in [0.5, 0.6) is 0 Å². The third-order valence-corrected chi connectivity index (χ3v) is 4.15. The third-order valence-electron chi connectivity index (χ3n) is 4.15. The number of hydrogen-bond donors (Lipinski definition) is 0. The maximum absolute atomic E-state index is 12.0. The fraction of sp³-hybridized carbons (Fsp3) is 0.286. The van der Waals surface area contributed by atoms with E-state index in [1.807, 2.05) is 45.0 Å². The normalized spacial score (nSPS) is 11.3. The molecular weight excluding hydrogens is 312 g/mol. The predicted octanol–water partition coefficient (Wildman–Crippen LogP) is 4.79. The van der Waals surface area contributed by atoms with Crippen LogP contribution in [0.2, 0.25) is 0 Å². The van der Waals surface area contributed by atoms with Crippen LogP contribution < -0.4 is 0 Å². The molecule has 0 N–H and O–H groups in total. The van der Waals surface area contributed by atoms with Gasteiger partial charge < -0.3 is 4.74 Å². The second-order valence-electron chi connectivity index (χ2n) is 6.47. The molecule has 4 nitrogen and oxygen atoms in total. The van der Waals surface area contributed by atoms with Crippen LogP contribution in [0.15, 0.2) is 53.5 Å². The maximum atomic E-state index is 12.0. The van der Waals surface area contributed by atoms with Crippen molar-refractivity contribution in [3.63, 3.8) is 0 Å². The molecule has 0 amide bonds. The van der Waals surface area contributed by atoms with Crippen molar-refractivity contribution in [2.24, 2.45) is 10.4 Å². The van der Waals surface area contributed by atoms with Crippen molar-refractivity contribution in [3.8, 4) is 6.07 Å². The molecule has 0 radical (unpaired) electrons. The lowest BCUT2D eigenvalue weighted by Crippen LogP contribution is -2.25. The van der Waals surface area contributed by atoms with E-state index >= 15 is 0 Å². The van der Waals surface area contributed by atoms with Gasteiger partial charge in [0, 0.05) is 6.21 Å². The molecule has 0 spiro atoms. The average Bonchev–Trinajstić information content (AvgIpc) is 2.65. The number of nitrogens with zero attached hydrogens (tertiary/aromatic N) is 2. The minimum Gasteiger partial charge on any atom is -0.460 e. The molecule has 0 aliphatic rings. The lowest BCUT2D eigenvalue weighted by molar-refractivity contribution is -0.155. The summed E-state index contributed by atoms with van der Waals surface area (Å²) in [7, 11) is 0. The average molecular weight is 334 g/mol. The van der Waals surface area contributed by atoms with Crippen LogP contribution in [0.3, 0.4) is 0 Å². The predicted molar refractivity (Wildman–Crippen MR) is 98.7 cm³/mol. The molecule has 2 aromatic carbocycles. The Labute approximate surface area is 148 Å². The number of carbonyl (C=O) groups is 1. The van der Waals surface area contributed by atoms with Gasteiger partial charge in [-0.3, -0.25) is 9.79 Å². The molecule has 4 heteroatoms. The lowest BCUT2D eigenvalue weighted by atomic mass is 9.91. The van der Waals surface area contributed by atoms with Crippen molar-refractivity contribution in [3.05, 3.63) is 65.2 Å². The summed E-state index contributed by atoms with van der Waals surface area (Å²) < 4.78 is 5.38. The first-order valence-corrected chi connectivity index (χ1v) is 8.25. The summed E-state index contributed by atoms with van der Waals surface area (Å²) in [5, 5.41) is 8.78. The Kier molecular flexibility index (Phi) is 6.08. The van der Waals surface area contributed by atoms with Gasteiger partial charge in [0.2, 0.25) is 0 Å². The monoisotopic (exact) mass is 334 g/mol. The molecule has 25 heavy (non-hydrogen) atoms. The number of ether oxygens (including phenoxy) is 1. The van der Waals surface area contributed by atoms with Gasteiger partial charge in [0.05, 0.1) is 22.7 Å². The van der Waals surface area contributed by atoms with Crippen LogP contribution in [0.4, 0.5) is 5.69 Å². The summed E-state index contributed by atoms with van der Waals surface area (Å²) in [6, 6.07) is 16.9. The topological polar surface area (TPSA) is 62.4 Å². The van der Waals surface area contributed by atoms with Gasteiger partial charge >= 0.3 is 5.97 Å². The van der Waals surface area contributed by atoms with E-state index in [9.17, 15) is 4.79 Å². The quantitative estimate of drug-likeness (QED) is 0.563. The van der Waals surface area contributed by atoms with E-state index in [4.69, 9.17) is 10.00 Å². The van der Waals surface area contributed by atoms with Crippen molar-refractivity contribution in [1.82, 2.24) is 0 Å². The number of hydrogen-bond acceptors (Lipinski definition) is 4. The van der Waals surface area contributed by atoms with Gasteiger partial charge in [-0.25, -0.2) is 0 Å². The van der Waals surface area contributed by atoms with Gasteiger partial charge in [-0.05, 0) is 55.7 Å². The van der Waals surface area contributed by atoms with Crippen LogP contribution in [0.25, 0.3) is 0 Å². The Hall–Kier alpha value is -2.93. The maximum Gasteiger partial charge on any atom is 0.311 e. The van der Waals surface area contributed by atoms with Crippen LogP contribution >= 0.6 is 0 Å². The molecule has 0 saturated heterocycles. The molecule has 0 aliphatic heterocycles. The molecule has 0 bridgehead atoms. The first-order chi connectivity index (χ1) is 11.9. The fourth-order valence-corrected chi connectivity index (χ4v) is 1.96. The Morgan fingerprint density at radius 2 is 1.80 bits per heavy atom. The van der Waals surface area contributed by atoms with Crippen molar-refractivity contribution in [2.45, 2.75) is 33.8 Å². The van der Waals surface area contributed by atoms with Gasteiger partial charge in [-0.1, -0.05) is 31.2 Å². The zero-order chi connectivity index (χ0) is 18.3. The van der Waals surface area contributed by atoms with Crippen molar-refractivity contribution < 1.29 is 9.53 Å². The molecule has 2 aromatic rings. The summed E-state index contributed by atoms with van der Waals surface area (Å²) in [5.41, 5.74) is 2.85. The van der Waals surface area contributed by atoms with Crippen molar-refractivity contribution in [1.29, 1.82) is 5.26 Å². The van der Waals surface area contributed by atoms with Crippen molar-refractivity contribution >= 4 is 17.9 Å². The molecule has 0 aliphatic carbocycles. The van der Waals surface area contributed by atoms with E-state index < -0.39 is 5.41 Å². The van der Waals surface area contributed by atoms with Crippen LogP contribution in [0, 0.1) is 16.7 Å². The number of esters is 1. The Balaban J connectivity index is 1.94. The highest BCUT2D eigenvalue weighted by Crippen LogP contribution is 2.22. The highest BCUT2D eigenvalue weighted by Gasteiger charge is 2.26. The van der Waals surface area contributed by atoms with E-state index in [0.29, 0.717) is 5.56 Å². The zero-order valence-corrected chi connectivity index (χ0v) is 14.8. The Morgan fingerprint density at radius 3 is 2.36 bits per heavy atom. The molecule has 0 atom stereocenters. The smallest absolute Gasteiger partial charge is 0.311 e. The van der Waals surface area contributed by atoms with E-state index in [-0.39, 0.29) is 12.6 Å². The van der Waals surface area contributed by atoms with Gasteiger partial charge in [-0.15, -0.1) is 0 Å². The number of rotatable bonds is 6. The number of benzene rings is 2. The van der Waals surface area contributed by atoms with Crippen LogP contribution in [0.1, 0.15) is 43.9 Å². The van der Waals surface area contributed by atoms with Crippen LogP contribution in [-0.4, -0.2) is 12.2 Å². The molecule has 128 valence electrons. The second kappa shape index (κ2) is 8.25. The molecule has 0 aromatic heterocycles. The standard InChI is InChI=1S/C21H22N2O2/c1-4-21(2,3)20(24)25-15-18-7-5-17(6-8-18)14-23-19-11-9-16(13-22)10-12-19/h5-12,14H,4,15H2,1-3H3. The van der Waals surface area contributed by atoms with Gasteiger partial charge in [0.15, 0.2) is 0 Å². The molecular formula is C21H22N2O2. The van der Waals surface area contributed by atoms with E-state index in [1.165, 1.54) is 0 Å². The molecule has 0 fully saturated rings. The molecule has 0 unspecified atom stereocenters. The van der Waals surface area contributed by atoms with Crippen molar-refractivity contribution in [2.75, 3.05) is 0 Å². The highest BCUT2D eigenvalue weighted by molar-refractivity contribution is 5.82. The number of nitriles is 1. The molecule has 0 saturated carbocycles. The number of carbonyl (C=O) groups excluding carboxylic acids is 1. The van der Waals surface area contributed by atoms with E-state index in [0.717, 1.165) is 23.2 Å². The summed E-state index contributed by atoms with van der Waals surface area (Å²) in [6.45, 7) is 6.02. The largest absolute Gasteiger partial charge is 0.460 e. The SMILES string of the molecule is CCC(C)(C)C(=O)OCc1ccc(C=Nc2ccc(C#N)cc2)cc1. The Morgan fingerprint density at radius 1 is 1.16 bits per heavy atom. The first kappa shape index (κ1) is 18.4. The van der Waals surface area contributed by atoms with Gasteiger partial charge in [0.1, 0.15) is 6.61 Å². The minimum atomic E-state index is -0.451. The zero-order valence-electron chi connectivity index (χ0n) is 14.8. The summed E-state index contributed by atoms with van der Waals surface area (Å²) >= 11 is 0. The summed E-state index contributed by atoms with van der Waals surface area (Å²) in [6.07, 6.45) is 2.51. The lowest BCUT2D eigenvalue weighted by Gasteiger charge is -2.20. The second-order valence-corrected chi connectivity index (χ2v) is 6.47. The Bertz CT molecular complexity index is 782. The number of aliphatic imine (C=N–C) groups is 1. The third kappa shape index (κ3) is 5.29. The molecule has 0 heterocycles. The van der Waals surface area contributed by atoms with Gasteiger partial charge in [-0.2, -0.15) is 5.26 Å². The van der Waals surface area contributed by atoms with E-state index in [1.54, 1.807) is 30.5 Å². The summed E-state index contributed by atoms with van der Waals surface area (Å²) in [4.78, 5) is 16.4. The first-order valence-electron chi connectivity index (χ1n) is 8.25. The fourth-order valence-electron chi connectivity index (χ4n) is 1.96. The minimum absolute atomic E-state index is 0.179. The van der Waals surface area contributed by atoms with E-state index in [2.05, 4.69) is 11.1 Å². The highest BCUT2D eigenvalue weighted by atomic mass is 16.5. The molecule has 2 rings (SSSR count).